The number of ketones is 2. The van der Waals surface area contributed by atoms with Gasteiger partial charge in [0, 0.05) is 24.2 Å². The van der Waals surface area contributed by atoms with Crippen LogP contribution in [0.25, 0.3) is 38.8 Å². The first kappa shape index (κ1) is 17.1. The second kappa shape index (κ2) is 6.11. The van der Waals surface area contributed by atoms with Gasteiger partial charge in [0.25, 0.3) is 0 Å². The van der Waals surface area contributed by atoms with Gasteiger partial charge in [0.2, 0.25) is 5.71 Å². The number of Topliss-reactive ketones (excluding diaryl/α,β-unsaturated/α-hetero) is 2. The highest BCUT2D eigenvalue weighted by molar-refractivity contribution is 7.13. The maximum absolute atomic E-state index is 12.9. The molecule has 30 heavy (non-hydrogen) atoms. The molecule has 0 amide bonds. The Labute approximate surface area is 174 Å². The van der Waals surface area contributed by atoms with E-state index in [1.54, 1.807) is 23.5 Å². The van der Waals surface area contributed by atoms with Crippen molar-refractivity contribution >= 4 is 51.0 Å². The van der Waals surface area contributed by atoms with E-state index in [4.69, 9.17) is 4.42 Å². The van der Waals surface area contributed by atoms with Gasteiger partial charge in [-0.15, -0.1) is 11.3 Å². The molecule has 3 aromatic heterocycles. The van der Waals surface area contributed by atoms with Crippen LogP contribution in [0.3, 0.4) is 0 Å². The fourth-order valence-electron chi connectivity index (χ4n) is 3.98. The molecule has 1 aliphatic rings. The Kier molecular flexibility index (Phi) is 3.49. The van der Waals surface area contributed by atoms with Crippen LogP contribution in [0.2, 0.25) is 0 Å². The number of carbonyl (C=O) groups is 2. The molecule has 0 atom stereocenters. The summed E-state index contributed by atoms with van der Waals surface area (Å²) < 4.78 is 7.81. The Bertz CT molecular complexity index is 1480. The van der Waals surface area contributed by atoms with E-state index in [0.717, 1.165) is 27.0 Å². The SMILES string of the molecule is Cn1c(-c2cccs2)nc2oc(C=C3C(=O)c4cc5ccccc5cc4C3=O)cc21. The van der Waals surface area contributed by atoms with Gasteiger partial charge in [-0.05, 0) is 40.4 Å². The highest BCUT2D eigenvalue weighted by Gasteiger charge is 2.33. The molecule has 0 N–H and O–H groups in total. The Balaban J connectivity index is 1.43. The standard InChI is InChI=1S/C24H14N2O3S/c1-26-19-12-15(29-24(19)25-23(26)20-7-4-8-30-20)11-18-21(27)16-9-13-5-2-3-6-14(13)10-17(16)22(18)28/h2-12H,1H3. The predicted octanol–water partition coefficient (Wildman–Crippen LogP) is 5.51. The van der Waals surface area contributed by atoms with Crippen LogP contribution in [0.5, 0.6) is 0 Å². The van der Waals surface area contributed by atoms with Crippen LogP contribution in [-0.2, 0) is 7.05 Å². The van der Waals surface area contributed by atoms with Gasteiger partial charge in [0.1, 0.15) is 11.3 Å². The number of furan rings is 1. The molecule has 5 nitrogen and oxygen atoms in total. The monoisotopic (exact) mass is 410 g/mol. The Morgan fingerprint density at radius 1 is 0.967 bits per heavy atom. The van der Waals surface area contributed by atoms with Crippen LogP contribution in [0.15, 0.2) is 70.0 Å². The summed E-state index contributed by atoms with van der Waals surface area (Å²) in [6, 6.07) is 17.1. The Hall–Kier alpha value is -3.77. The van der Waals surface area contributed by atoms with Crippen LogP contribution < -0.4 is 0 Å². The van der Waals surface area contributed by atoms with Gasteiger partial charge in [-0.25, -0.2) is 0 Å². The molecule has 1 aliphatic carbocycles. The summed E-state index contributed by atoms with van der Waals surface area (Å²) in [6.07, 6.45) is 1.53. The number of allylic oxidation sites excluding steroid dienone is 1. The minimum atomic E-state index is -0.270. The van der Waals surface area contributed by atoms with Crippen molar-refractivity contribution in [3.8, 4) is 10.7 Å². The van der Waals surface area contributed by atoms with E-state index in [2.05, 4.69) is 4.98 Å². The maximum Gasteiger partial charge on any atom is 0.245 e. The van der Waals surface area contributed by atoms with Gasteiger partial charge in [-0.3, -0.25) is 9.59 Å². The summed E-state index contributed by atoms with van der Waals surface area (Å²) >= 11 is 1.61. The summed E-state index contributed by atoms with van der Waals surface area (Å²) in [4.78, 5) is 31.5. The maximum atomic E-state index is 12.9. The summed E-state index contributed by atoms with van der Waals surface area (Å²) in [7, 11) is 1.92. The van der Waals surface area contributed by atoms with Gasteiger partial charge >= 0.3 is 0 Å². The van der Waals surface area contributed by atoms with Crippen molar-refractivity contribution in [2.24, 2.45) is 7.05 Å². The number of aryl methyl sites for hydroxylation is 1. The first-order chi connectivity index (χ1) is 14.6. The van der Waals surface area contributed by atoms with Gasteiger partial charge < -0.3 is 8.98 Å². The summed E-state index contributed by atoms with van der Waals surface area (Å²) in [6.45, 7) is 0. The zero-order valence-electron chi connectivity index (χ0n) is 15.9. The topological polar surface area (TPSA) is 65.1 Å². The average Bonchev–Trinajstić information content (AvgIpc) is 3.51. The summed E-state index contributed by atoms with van der Waals surface area (Å²) in [5, 5.41) is 3.88. The Morgan fingerprint density at radius 2 is 1.67 bits per heavy atom. The molecule has 0 saturated heterocycles. The van der Waals surface area contributed by atoms with Gasteiger partial charge in [-0.2, -0.15) is 4.98 Å². The molecule has 0 radical (unpaired) electrons. The van der Waals surface area contributed by atoms with Crippen LogP contribution in [0.1, 0.15) is 26.5 Å². The molecule has 0 spiro atoms. The zero-order chi connectivity index (χ0) is 20.4. The highest BCUT2D eigenvalue weighted by Crippen LogP contribution is 2.33. The molecule has 0 aliphatic heterocycles. The lowest BCUT2D eigenvalue weighted by atomic mass is 10.0. The first-order valence-electron chi connectivity index (χ1n) is 9.44. The number of hydrogen-bond acceptors (Lipinski definition) is 5. The first-order valence-corrected chi connectivity index (χ1v) is 10.3. The molecule has 5 aromatic rings. The van der Waals surface area contributed by atoms with Gasteiger partial charge in [-0.1, -0.05) is 30.3 Å². The van der Waals surface area contributed by atoms with Crippen LogP contribution in [-0.4, -0.2) is 21.1 Å². The fourth-order valence-corrected chi connectivity index (χ4v) is 4.72. The van der Waals surface area contributed by atoms with Crippen molar-refractivity contribution in [2.45, 2.75) is 0 Å². The van der Waals surface area contributed by atoms with Crippen molar-refractivity contribution in [3.63, 3.8) is 0 Å². The number of nitrogens with zero attached hydrogens (tertiary/aromatic N) is 2. The average molecular weight is 410 g/mol. The number of carbonyl (C=O) groups excluding carboxylic acids is 2. The van der Waals surface area contributed by atoms with Crippen LogP contribution in [0.4, 0.5) is 0 Å². The number of benzene rings is 2. The molecule has 2 aromatic carbocycles. The molecule has 144 valence electrons. The molecular weight excluding hydrogens is 396 g/mol. The van der Waals surface area contributed by atoms with E-state index in [9.17, 15) is 9.59 Å². The minimum Gasteiger partial charge on any atom is -0.437 e. The molecule has 6 rings (SSSR count). The number of fused-ring (bicyclic) bond motifs is 3. The van der Waals surface area contributed by atoms with E-state index in [1.807, 2.05) is 59.5 Å². The summed E-state index contributed by atoms with van der Waals surface area (Å²) in [5.74, 6) is 0.724. The smallest absolute Gasteiger partial charge is 0.245 e. The van der Waals surface area contributed by atoms with Crippen LogP contribution >= 0.6 is 11.3 Å². The Morgan fingerprint density at radius 3 is 2.27 bits per heavy atom. The third kappa shape index (κ3) is 2.37. The number of aromatic nitrogens is 2. The lowest BCUT2D eigenvalue weighted by Crippen LogP contribution is -1.99. The second-order valence-electron chi connectivity index (χ2n) is 7.27. The van der Waals surface area contributed by atoms with Crippen molar-refractivity contribution < 1.29 is 14.0 Å². The van der Waals surface area contributed by atoms with E-state index >= 15 is 0 Å². The highest BCUT2D eigenvalue weighted by atomic mass is 32.1. The quantitative estimate of drug-likeness (QED) is 0.284. The van der Waals surface area contributed by atoms with Crippen LogP contribution in [0, 0.1) is 0 Å². The lowest BCUT2D eigenvalue weighted by molar-refractivity contribution is 0.0990. The normalized spacial score (nSPS) is 13.6. The zero-order valence-corrected chi connectivity index (χ0v) is 16.7. The fraction of sp³-hybridized carbons (Fsp3) is 0.0417. The third-order valence-corrected chi connectivity index (χ3v) is 6.36. The van der Waals surface area contributed by atoms with Crippen molar-refractivity contribution in [1.82, 2.24) is 9.55 Å². The molecule has 6 heteroatoms. The molecule has 0 bridgehead atoms. The number of rotatable bonds is 2. The van der Waals surface area contributed by atoms with E-state index in [0.29, 0.717) is 22.6 Å². The van der Waals surface area contributed by atoms with Crippen molar-refractivity contribution in [2.75, 3.05) is 0 Å². The van der Waals surface area contributed by atoms with Crippen molar-refractivity contribution in [1.29, 1.82) is 0 Å². The molecule has 0 unspecified atom stereocenters. The number of imidazole rings is 1. The predicted molar refractivity (Wildman–Crippen MR) is 117 cm³/mol. The van der Waals surface area contributed by atoms with E-state index < -0.39 is 0 Å². The summed E-state index contributed by atoms with van der Waals surface area (Å²) in [5.41, 5.74) is 2.30. The largest absolute Gasteiger partial charge is 0.437 e. The second-order valence-corrected chi connectivity index (χ2v) is 8.22. The minimum absolute atomic E-state index is 0.123. The van der Waals surface area contributed by atoms with E-state index in [1.165, 1.54) is 6.08 Å². The number of thiophene rings is 1. The lowest BCUT2D eigenvalue weighted by Gasteiger charge is -2.00. The molecule has 0 saturated carbocycles. The molecule has 0 fully saturated rings. The van der Waals surface area contributed by atoms with Gasteiger partial charge in [0.05, 0.1) is 10.5 Å². The number of hydrogen-bond donors (Lipinski definition) is 0. The van der Waals surface area contributed by atoms with E-state index in [-0.39, 0.29) is 17.1 Å². The van der Waals surface area contributed by atoms with Gasteiger partial charge in [0.15, 0.2) is 17.4 Å². The molecular formula is C24H14N2O3S. The third-order valence-electron chi connectivity index (χ3n) is 5.49. The van der Waals surface area contributed by atoms with Crippen molar-refractivity contribution in [3.05, 3.63) is 82.4 Å². The molecule has 3 heterocycles.